The first-order chi connectivity index (χ1) is 8.65. The number of ether oxygens (including phenoxy) is 2. The van der Waals surface area contributed by atoms with E-state index in [0.29, 0.717) is 5.92 Å². The second-order valence-electron chi connectivity index (χ2n) is 5.17. The standard InChI is InChI=1S/C15H23NO2/c1-4-5-10(2)15-9-13(16)12-8-11(17-3)6-7-14(12)18-15/h6-8,10,13,15H,4-5,9,16H2,1-3H3/t10?,13-,15?/m0/s1. The monoisotopic (exact) mass is 249 g/mol. The molecule has 3 atom stereocenters. The maximum absolute atomic E-state index is 6.26. The molecule has 3 heteroatoms. The Labute approximate surface area is 109 Å². The van der Waals surface area contributed by atoms with E-state index in [9.17, 15) is 0 Å². The molecule has 0 fully saturated rings. The zero-order chi connectivity index (χ0) is 13.1. The summed E-state index contributed by atoms with van der Waals surface area (Å²) >= 11 is 0. The molecule has 0 amide bonds. The van der Waals surface area contributed by atoms with Gasteiger partial charge in [0.1, 0.15) is 17.6 Å². The fourth-order valence-corrected chi connectivity index (χ4v) is 2.63. The highest BCUT2D eigenvalue weighted by atomic mass is 16.5. The minimum atomic E-state index is 0.0492. The third-order valence-corrected chi connectivity index (χ3v) is 3.76. The van der Waals surface area contributed by atoms with Gasteiger partial charge in [0.25, 0.3) is 0 Å². The summed E-state index contributed by atoms with van der Waals surface area (Å²) in [6.07, 6.45) is 3.50. The van der Waals surface area contributed by atoms with Crippen LogP contribution in [-0.2, 0) is 0 Å². The Morgan fingerprint density at radius 1 is 1.50 bits per heavy atom. The first-order valence-electron chi connectivity index (χ1n) is 6.75. The van der Waals surface area contributed by atoms with Gasteiger partial charge in [-0.25, -0.2) is 0 Å². The fourth-order valence-electron chi connectivity index (χ4n) is 2.63. The summed E-state index contributed by atoms with van der Waals surface area (Å²) in [5.41, 5.74) is 7.32. The normalized spacial score (nSPS) is 24.0. The predicted molar refractivity (Wildman–Crippen MR) is 73.0 cm³/mol. The van der Waals surface area contributed by atoms with E-state index in [4.69, 9.17) is 15.2 Å². The molecule has 18 heavy (non-hydrogen) atoms. The van der Waals surface area contributed by atoms with Crippen molar-refractivity contribution in [2.24, 2.45) is 11.7 Å². The number of methoxy groups -OCH3 is 1. The van der Waals surface area contributed by atoms with Gasteiger partial charge in [-0.05, 0) is 30.5 Å². The van der Waals surface area contributed by atoms with Crippen LogP contribution < -0.4 is 15.2 Å². The van der Waals surface area contributed by atoms with Crippen LogP contribution in [-0.4, -0.2) is 13.2 Å². The molecule has 0 saturated carbocycles. The zero-order valence-corrected chi connectivity index (χ0v) is 11.5. The van der Waals surface area contributed by atoms with E-state index in [2.05, 4.69) is 13.8 Å². The summed E-state index contributed by atoms with van der Waals surface area (Å²) in [6, 6.07) is 5.94. The zero-order valence-electron chi connectivity index (χ0n) is 11.5. The van der Waals surface area contributed by atoms with Gasteiger partial charge < -0.3 is 15.2 Å². The molecule has 0 aromatic heterocycles. The molecule has 1 aliphatic heterocycles. The van der Waals surface area contributed by atoms with E-state index >= 15 is 0 Å². The summed E-state index contributed by atoms with van der Waals surface area (Å²) in [5.74, 6) is 2.31. The van der Waals surface area contributed by atoms with Crippen molar-refractivity contribution in [3.8, 4) is 11.5 Å². The average Bonchev–Trinajstić information content (AvgIpc) is 2.38. The van der Waals surface area contributed by atoms with Gasteiger partial charge in [0.2, 0.25) is 0 Å². The van der Waals surface area contributed by atoms with Gasteiger partial charge in [-0.1, -0.05) is 20.3 Å². The van der Waals surface area contributed by atoms with Crippen LogP contribution in [0, 0.1) is 5.92 Å². The Balaban J connectivity index is 2.18. The van der Waals surface area contributed by atoms with E-state index in [1.54, 1.807) is 7.11 Å². The second kappa shape index (κ2) is 5.61. The van der Waals surface area contributed by atoms with Crippen LogP contribution in [0.25, 0.3) is 0 Å². The molecule has 1 heterocycles. The van der Waals surface area contributed by atoms with Crippen LogP contribution in [0.5, 0.6) is 11.5 Å². The molecule has 3 nitrogen and oxygen atoms in total. The van der Waals surface area contributed by atoms with Crippen LogP contribution in [0.15, 0.2) is 18.2 Å². The van der Waals surface area contributed by atoms with Gasteiger partial charge in [0.15, 0.2) is 0 Å². The summed E-state index contributed by atoms with van der Waals surface area (Å²) < 4.78 is 11.3. The number of hydrogen-bond donors (Lipinski definition) is 1. The SMILES string of the molecule is CCCC(C)C1C[C@H](N)c2cc(OC)ccc2O1. The Morgan fingerprint density at radius 2 is 2.28 bits per heavy atom. The molecule has 0 bridgehead atoms. The van der Waals surface area contributed by atoms with Gasteiger partial charge in [0, 0.05) is 18.0 Å². The largest absolute Gasteiger partial charge is 0.497 e. The van der Waals surface area contributed by atoms with Crippen molar-refractivity contribution in [1.82, 2.24) is 0 Å². The summed E-state index contributed by atoms with van der Waals surface area (Å²) in [7, 11) is 1.67. The molecule has 0 saturated heterocycles. The Bertz CT molecular complexity index is 405. The maximum Gasteiger partial charge on any atom is 0.124 e. The first kappa shape index (κ1) is 13.2. The molecule has 1 aromatic rings. The second-order valence-corrected chi connectivity index (χ2v) is 5.17. The highest BCUT2D eigenvalue weighted by Crippen LogP contribution is 2.38. The van der Waals surface area contributed by atoms with E-state index < -0.39 is 0 Å². The van der Waals surface area contributed by atoms with Crippen molar-refractivity contribution in [1.29, 1.82) is 0 Å². The lowest BCUT2D eigenvalue weighted by molar-refractivity contribution is 0.102. The topological polar surface area (TPSA) is 44.5 Å². The van der Waals surface area contributed by atoms with Crippen LogP contribution in [0.4, 0.5) is 0 Å². The van der Waals surface area contributed by atoms with Crippen molar-refractivity contribution in [2.45, 2.75) is 45.3 Å². The number of hydrogen-bond acceptors (Lipinski definition) is 3. The molecule has 1 aliphatic rings. The van der Waals surface area contributed by atoms with Crippen molar-refractivity contribution >= 4 is 0 Å². The number of rotatable bonds is 4. The predicted octanol–water partition coefficient (Wildman–Crippen LogP) is 3.28. The molecule has 0 spiro atoms. The summed E-state index contributed by atoms with van der Waals surface area (Å²) in [5, 5.41) is 0. The van der Waals surface area contributed by atoms with E-state index in [1.165, 1.54) is 12.8 Å². The Morgan fingerprint density at radius 3 is 2.94 bits per heavy atom. The number of fused-ring (bicyclic) bond motifs is 1. The number of benzene rings is 1. The number of nitrogens with two attached hydrogens (primary N) is 1. The van der Waals surface area contributed by atoms with Crippen LogP contribution in [0.1, 0.15) is 44.7 Å². The van der Waals surface area contributed by atoms with Gasteiger partial charge in [0.05, 0.1) is 7.11 Å². The highest BCUT2D eigenvalue weighted by Gasteiger charge is 2.29. The molecular formula is C15H23NO2. The highest BCUT2D eigenvalue weighted by molar-refractivity contribution is 5.43. The van der Waals surface area contributed by atoms with Crippen LogP contribution >= 0.6 is 0 Å². The molecule has 100 valence electrons. The first-order valence-corrected chi connectivity index (χ1v) is 6.75. The molecule has 1 aromatic carbocycles. The van der Waals surface area contributed by atoms with Gasteiger partial charge in [-0.2, -0.15) is 0 Å². The molecular weight excluding hydrogens is 226 g/mol. The Hall–Kier alpha value is -1.22. The van der Waals surface area contributed by atoms with E-state index in [1.807, 2.05) is 18.2 Å². The lowest BCUT2D eigenvalue weighted by Gasteiger charge is -2.34. The maximum atomic E-state index is 6.26. The van der Waals surface area contributed by atoms with Crippen molar-refractivity contribution in [3.05, 3.63) is 23.8 Å². The fraction of sp³-hybridized carbons (Fsp3) is 0.600. The molecule has 0 aliphatic carbocycles. The van der Waals surface area contributed by atoms with Crippen LogP contribution in [0.3, 0.4) is 0 Å². The minimum absolute atomic E-state index is 0.0492. The smallest absolute Gasteiger partial charge is 0.124 e. The average molecular weight is 249 g/mol. The van der Waals surface area contributed by atoms with Gasteiger partial charge in [-0.3, -0.25) is 0 Å². The lowest BCUT2D eigenvalue weighted by Crippen LogP contribution is -2.34. The summed E-state index contributed by atoms with van der Waals surface area (Å²) in [4.78, 5) is 0. The van der Waals surface area contributed by atoms with Gasteiger partial charge >= 0.3 is 0 Å². The van der Waals surface area contributed by atoms with Crippen molar-refractivity contribution < 1.29 is 9.47 Å². The Kier molecular flexibility index (Phi) is 4.12. The summed E-state index contributed by atoms with van der Waals surface area (Å²) in [6.45, 7) is 4.45. The van der Waals surface area contributed by atoms with Gasteiger partial charge in [-0.15, -0.1) is 0 Å². The molecule has 2 rings (SSSR count). The lowest BCUT2D eigenvalue weighted by atomic mass is 9.89. The molecule has 2 N–H and O–H groups in total. The molecule has 2 unspecified atom stereocenters. The quantitative estimate of drug-likeness (QED) is 0.890. The van der Waals surface area contributed by atoms with Crippen molar-refractivity contribution in [2.75, 3.05) is 7.11 Å². The van der Waals surface area contributed by atoms with Crippen molar-refractivity contribution in [3.63, 3.8) is 0 Å². The van der Waals surface area contributed by atoms with E-state index in [0.717, 1.165) is 23.5 Å². The van der Waals surface area contributed by atoms with E-state index in [-0.39, 0.29) is 12.1 Å². The third kappa shape index (κ3) is 2.61. The third-order valence-electron chi connectivity index (χ3n) is 3.76. The minimum Gasteiger partial charge on any atom is -0.497 e. The van der Waals surface area contributed by atoms with Crippen LogP contribution in [0.2, 0.25) is 0 Å². The molecule has 0 radical (unpaired) electrons.